The highest BCUT2D eigenvalue weighted by molar-refractivity contribution is 6.04. The van der Waals surface area contributed by atoms with Crippen LogP contribution < -0.4 is 5.32 Å². The van der Waals surface area contributed by atoms with Gasteiger partial charge in [0.1, 0.15) is 11.6 Å². The maximum absolute atomic E-state index is 14.9. The van der Waals surface area contributed by atoms with Crippen molar-refractivity contribution in [3.8, 4) is 0 Å². The molecule has 2 saturated carbocycles. The number of nitrogens with zero attached hydrogens (tertiary/aromatic N) is 1. The van der Waals surface area contributed by atoms with E-state index in [2.05, 4.69) is 10.2 Å². The fourth-order valence-electron chi connectivity index (χ4n) is 5.44. The fraction of sp³-hybridized carbons (Fsp3) is 0.625. The van der Waals surface area contributed by atoms with Gasteiger partial charge in [0.05, 0.1) is 18.4 Å². The molecule has 0 amide bonds. The number of carbonyl (C=O) groups excluding carboxylic acids is 2. The molecule has 1 aromatic carbocycles. The third kappa shape index (κ3) is 5.14. The third-order valence-electron chi connectivity index (χ3n) is 7.34. The molecule has 4 rings (SSSR count). The number of hydrogen-bond donors (Lipinski definition) is 2. The minimum atomic E-state index is -0.674. The normalized spacial score (nSPS) is 28.5. The van der Waals surface area contributed by atoms with Crippen molar-refractivity contribution in [1.29, 1.82) is 0 Å². The van der Waals surface area contributed by atoms with Gasteiger partial charge < -0.3 is 15.3 Å². The smallest absolute Gasteiger partial charge is 0.306 e. The number of likely N-dealkylation sites (tertiary alicyclic amines) is 1. The van der Waals surface area contributed by atoms with Crippen molar-refractivity contribution >= 4 is 23.2 Å². The first kappa shape index (κ1) is 21.9. The summed E-state index contributed by atoms with van der Waals surface area (Å²) in [6, 6.07) is 5.17. The average molecular weight is 431 g/mol. The van der Waals surface area contributed by atoms with Crippen LogP contribution in [0.1, 0.15) is 69.3 Å². The summed E-state index contributed by atoms with van der Waals surface area (Å²) < 4.78 is 14.9. The molecule has 2 aliphatic carbocycles. The Bertz CT molecular complexity index is 842. The zero-order valence-electron chi connectivity index (χ0n) is 17.8. The van der Waals surface area contributed by atoms with Gasteiger partial charge in [-0.1, -0.05) is 6.07 Å². The number of benzene rings is 1. The first-order valence-corrected chi connectivity index (χ1v) is 11.5. The van der Waals surface area contributed by atoms with Crippen molar-refractivity contribution in [2.45, 2.75) is 75.8 Å². The molecular formula is C24H31FN2O4. The minimum absolute atomic E-state index is 0.0224. The number of Topliss-reactive ketones (excluding diaryl/α,β-unsaturated/α-hetero) is 2. The number of carbonyl (C=O) groups is 3. The number of piperidine rings is 1. The van der Waals surface area contributed by atoms with Crippen molar-refractivity contribution < 1.29 is 23.9 Å². The van der Waals surface area contributed by atoms with E-state index in [4.69, 9.17) is 0 Å². The fourth-order valence-corrected chi connectivity index (χ4v) is 5.44. The number of rotatable bonds is 5. The van der Waals surface area contributed by atoms with E-state index in [9.17, 15) is 23.9 Å². The van der Waals surface area contributed by atoms with Crippen LogP contribution in [0.5, 0.6) is 0 Å². The standard InChI is InChI=1S/C24H31FN2O4/c25-21-13-17(26-22-8-6-19(28)14-23(22)29)3-7-20(21)15-9-11-27(12-10-15)18-4-1-16(2-5-18)24(30)31/h3,7,13,15-16,18,22,26H,1-2,4-6,8-12,14H2,(H,30,31)/t16-,18-,22?. The van der Waals surface area contributed by atoms with E-state index in [-0.39, 0.29) is 35.6 Å². The number of carboxylic acids is 1. The van der Waals surface area contributed by atoms with E-state index in [1.807, 2.05) is 12.1 Å². The van der Waals surface area contributed by atoms with Crippen LogP contribution in [0.3, 0.4) is 0 Å². The summed E-state index contributed by atoms with van der Waals surface area (Å²) in [5.74, 6) is -1.08. The molecule has 0 radical (unpaired) electrons. The van der Waals surface area contributed by atoms with Gasteiger partial charge in [-0.3, -0.25) is 14.4 Å². The molecule has 7 heteroatoms. The van der Waals surface area contributed by atoms with Gasteiger partial charge in [-0.25, -0.2) is 4.39 Å². The van der Waals surface area contributed by atoms with Gasteiger partial charge >= 0.3 is 5.97 Å². The highest BCUT2D eigenvalue weighted by Crippen LogP contribution is 2.35. The maximum Gasteiger partial charge on any atom is 0.306 e. The number of hydrogen-bond acceptors (Lipinski definition) is 5. The minimum Gasteiger partial charge on any atom is -0.481 e. The van der Waals surface area contributed by atoms with Crippen molar-refractivity contribution in [3.05, 3.63) is 29.6 Å². The molecule has 1 heterocycles. The Balaban J connectivity index is 1.30. The van der Waals surface area contributed by atoms with Crippen LogP contribution >= 0.6 is 0 Å². The average Bonchev–Trinajstić information content (AvgIpc) is 2.76. The SMILES string of the molecule is O=C1CCC(Nc2ccc(C3CCN([C@H]4CC[C@H](C(=O)O)CC4)CC3)c(F)c2)C(=O)C1. The molecular weight excluding hydrogens is 399 g/mol. The monoisotopic (exact) mass is 430 g/mol. The van der Waals surface area contributed by atoms with Crippen molar-refractivity contribution in [2.24, 2.45) is 5.92 Å². The maximum atomic E-state index is 14.9. The lowest BCUT2D eigenvalue weighted by molar-refractivity contribution is -0.143. The molecule has 168 valence electrons. The molecule has 1 saturated heterocycles. The van der Waals surface area contributed by atoms with Crippen LogP contribution in [0.15, 0.2) is 18.2 Å². The molecule has 1 unspecified atom stereocenters. The molecule has 1 atom stereocenters. The van der Waals surface area contributed by atoms with Crippen LogP contribution in [0, 0.1) is 11.7 Å². The van der Waals surface area contributed by atoms with Gasteiger partial charge in [0, 0.05) is 18.2 Å². The Hall–Kier alpha value is -2.28. The summed E-state index contributed by atoms with van der Waals surface area (Å²) in [7, 11) is 0. The molecule has 0 bridgehead atoms. The second-order valence-corrected chi connectivity index (χ2v) is 9.31. The van der Waals surface area contributed by atoms with Crippen LogP contribution in [0.25, 0.3) is 0 Å². The lowest BCUT2D eigenvalue weighted by Crippen LogP contribution is -2.43. The number of aliphatic carboxylic acids is 1. The summed E-state index contributed by atoms with van der Waals surface area (Å²) in [5, 5.41) is 12.3. The molecule has 1 aliphatic heterocycles. The highest BCUT2D eigenvalue weighted by Gasteiger charge is 2.32. The van der Waals surface area contributed by atoms with Crippen molar-refractivity contribution in [1.82, 2.24) is 4.90 Å². The number of nitrogens with one attached hydrogen (secondary N) is 1. The van der Waals surface area contributed by atoms with Gasteiger partial charge in [-0.05, 0) is 81.6 Å². The molecule has 3 aliphatic rings. The predicted octanol–water partition coefficient (Wildman–Crippen LogP) is 3.75. The molecule has 2 N–H and O–H groups in total. The Morgan fingerprint density at radius 3 is 2.35 bits per heavy atom. The topological polar surface area (TPSA) is 86.7 Å². The number of carboxylic acid groups (broad SMARTS) is 1. The molecule has 6 nitrogen and oxygen atoms in total. The highest BCUT2D eigenvalue weighted by atomic mass is 19.1. The lowest BCUT2D eigenvalue weighted by Gasteiger charge is -2.40. The van der Waals surface area contributed by atoms with Gasteiger partial charge in [-0.2, -0.15) is 0 Å². The van der Waals surface area contributed by atoms with Crippen LogP contribution in [0.4, 0.5) is 10.1 Å². The Labute approximate surface area is 182 Å². The summed E-state index contributed by atoms with van der Waals surface area (Å²) in [5.41, 5.74) is 1.31. The summed E-state index contributed by atoms with van der Waals surface area (Å²) in [6.07, 6.45) is 5.98. The van der Waals surface area contributed by atoms with Gasteiger partial charge in [-0.15, -0.1) is 0 Å². The Morgan fingerprint density at radius 2 is 1.74 bits per heavy atom. The zero-order valence-corrected chi connectivity index (χ0v) is 17.8. The number of halogens is 1. The quantitative estimate of drug-likeness (QED) is 0.692. The molecule has 0 aromatic heterocycles. The number of ketones is 2. The molecule has 31 heavy (non-hydrogen) atoms. The number of anilines is 1. The van der Waals surface area contributed by atoms with E-state index < -0.39 is 12.0 Å². The third-order valence-corrected chi connectivity index (χ3v) is 7.34. The molecule has 3 fully saturated rings. The summed E-state index contributed by atoms with van der Waals surface area (Å²) >= 11 is 0. The second-order valence-electron chi connectivity index (χ2n) is 9.31. The summed E-state index contributed by atoms with van der Waals surface area (Å²) in [4.78, 5) is 37.0. The Kier molecular flexibility index (Phi) is 6.70. The molecule has 0 spiro atoms. The van der Waals surface area contributed by atoms with Crippen molar-refractivity contribution in [2.75, 3.05) is 18.4 Å². The van der Waals surface area contributed by atoms with E-state index in [0.29, 0.717) is 24.6 Å². The van der Waals surface area contributed by atoms with Crippen LogP contribution in [0.2, 0.25) is 0 Å². The lowest BCUT2D eigenvalue weighted by atomic mass is 9.83. The first-order valence-electron chi connectivity index (χ1n) is 11.5. The molecule has 1 aromatic rings. The second kappa shape index (κ2) is 9.47. The zero-order chi connectivity index (χ0) is 22.0. The predicted molar refractivity (Wildman–Crippen MR) is 115 cm³/mol. The van der Waals surface area contributed by atoms with E-state index in [1.165, 1.54) is 6.07 Å². The van der Waals surface area contributed by atoms with Crippen LogP contribution in [-0.2, 0) is 14.4 Å². The van der Waals surface area contributed by atoms with E-state index >= 15 is 0 Å². The van der Waals surface area contributed by atoms with E-state index in [1.54, 1.807) is 0 Å². The van der Waals surface area contributed by atoms with Gasteiger partial charge in [0.2, 0.25) is 0 Å². The van der Waals surface area contributed by atoms with Gasteiger partial charge in [0.25, 0.3) is 0 Å². The first-order chi connectivity index (χ1) is 14.9. The Morgan fingerprint density at radius 1 is 1.03 bits per heavy atom. The van der Waals surface area contributed by atoms with Crippen molar-refractivity contribution in [3.63, 3.8) is 0 Å². The van der Waals surface area contributed by atoms with Gasteiger partial charge in [0.15, 0.2) is 5.78 Å². The van der Waals surface area contributed by atoms with E-state index in [0.717, 1.165) is 57.2 Å². The largest absolute Gasteiger partial charge is 0.481 e. The summed E-state index contributed by atoms with van der Waals surface area (Å²) in [6.45, 7) is 1.83. The van der Waals surface area contributed by atoms with Crippen LogP contribution in [-0.4, -0.2) is 52.7 Å².